The van der Waals surface area contributed by atoms with E-state index in [1.165, 1.54) is 12.1 Å². The largest absolute Gasteiger partial charge is 0.455 e. The van der Waals surface area contributed by atoms with Gasteiger partial charge in [-0.15, -0.1) is 0 Å². The first-order valence-electron chi connectivity index (χ1n) is 9.09. The molecule has 28 heavy (non-hydrogen) atoms. The number of ether oxygens (including phenoxy) is 1. The number of amides is 3. The van der Waals surface area contributed by atoms with Crippen LogP contribution in [-0.4, -0.2) is 24.5 Å². The molecular formula is C21H21FN2O4. The van der Waals surface area contributed by atoms with Gasteiger partial charge in [-0.3, -0.25) is 14.9 Å². The molecule has 2 aromatic carbocycles. The number of halogens is 1. The zero-order chi connectivity index (χ0) is 20.0. The minimum Gasteiger partial charge on any atom is -0.455 e. The van der Waals surface area contributed by atoms with Crippen molar-refractivity contribution in [2.45, 2.75) is 31.1 Å². The Labute approximate surface area is 162 Å². The van der Waals surface area contributed by atoms with E-state index in [1.54, 1.807) is 42.5 Å². The third kappa shape index (κ3) is 4.54. The molecule has 1 fully saturated rings. The van der Waals surface area contributed by atoms with E-state index in [-0.39, 0.29) is 5.82 Å². The van der Waals surface area contributed by atoms with Crippen LogP contribution in [0.15, 0.2) is 54.6 Å². The molecule has 7 heteroatoms. The molecule has 1 aliphatic carbocycles. The summed E-state index contributed by atoms with van der Waals surface area (Å²) in [4.78, 5) is 36.5. The Bertz CT molecular complexity index is 846. The summed E-state index contributed by atoms with van der Waals surface area (Å²) < 4.78 is 18.4. The SMILES string of the molecule is O=C(COC(=O)C1(c2ccc(F)cc2)CCCC1)NC(=O)Nc1ccccc1. The summed E-state index contributed by atoms with van der Waals surface area (Å²) in [5.74, 6) is -1.64. The van der Waals surface area contributed by atoms with E-state index in [1.807, 2.05) is 0 Å². The second-order valence-corrected chi connectivity index (χ2v) is 6.74. The highest BCUT2D eigenvalue weighted by Crippen LogP contribution is 2.42. The number of esters is 1. The summed E-state index contributed by atoms with van der Waals surface area (Å²) >= 11 is 0. The molecule has 0 aromatic heterocycles. The maximum Gasteiger partial charge on any atom is 0.325 e. The van der Waals surface area contributed by atoms with E-state index in [0.717, 1.165) is 12.8 Å². The van der Waals surface area contributed by atoms with Gasteiger partial charge in [0.15, 0.2) is 6.61 Å². The molecule has 1 aliphatic rings. The molecule has 0 atom stereocenters. The van der Waals surface area contributed by atoms with Gasteiger partial charge >= 0.3 is 12.0 Å². The monoisotopic (exact) mass is 384 g/mol. The van der Waals surface area contributed by atoms with Crippen molar-refractivity contribution >= 4 is 23.6 Å². The molecule has 3 amide bonds. The van der Waals surface area contributed by atoms with Crippen molar-refractivity contribution in [3.63, 3.8) is 0 Å². The molecule has 0 radical (unpaired) electrons. The van der Waals surface area contributed by atoms with Gasteiger partial charge in [0.2, 0.25) is 0 Å². The van der Waals surface area contributed by atoms with Crippen LogP contribution < -0.4 is 10.6 Å². The van der Waals surface area contributed by atoms with Crippen molar-refractivity contribution in [2.24, 2.45) is 0 Å². The van der Waals surface area contributed by atoms with Crippen LogP contribution in [0.1, 0.15) is 31.2 Å². The molecule has 0 saturated heterocycles. The van der Waals surface area contributed by atoms with Crippen LogP contribution in [-0.2, 0) is 19.7 Å². The summed E-state index contributed by atoms with van der Waals surface area (Å²) in [6.45, 7) is -0.565. The number of hydrogen-bond acceptors (Lipinski definition) is 4. The first kappa shape index (κ1) is 19.5. The molecular weight excluding hydrogens is 363 g/mol. The standard InChI is InChI=1S/C21H21FN2O4/c22-16-10-8-15(9-11-16)21(12-4-5-13-21)19(26)28-14-18(25)24-20(27)23-17-6-2-1-3-7-17/h1-3,6-11H,4-5,12-14H2,(H2,23,24,25,27). The van der Waals surface area contributed by atoms with Gasteiger partial charge in [-0.2, -0.15) is 0 Å². The first-order chi connectivity index (χ1) is 13.5. The minimum atomic E-state index is -0.875. The van der Waals surface area contributed by atoms with Crippen LogP contribution in [0, 0.1) is 5.82 Å². The lowest BCUT2D eigenvalue weighted by molar-refractivity contribution is -0.154. The van der Waals surface area contributed by atoms with Gasteiger partial charge in [0, 0.05) is 5.69 Å². The summed E-state index contributed by atoms with van der Waals surface area (Å²) in [5.41, 5.74) is 0.338. The van der Waals surface area contributed by atoms with Gasteiger partial charge in [0.05, 0.1) is 5.41 Å². The summed E-state index contributed by atoms with van der Waals surface area (Å²) in [6, 6.07) is 13.7. The van der Waals surface area contributed by atoms with Crippen molar-refractivity contribution in [1.82, 2.24) is 5.32 Å². The molecule has 2 aromatic rings. The Morgan fingerprint density at radius 1 is 0.964 bits per heavy atom. The van der Waals surface area contributed by atoms with Gasteiger partial charge in [-0.1, -0.05) is 43.2 Å². The molecule has 0 bridgehead atoms. The van der Waals surface area contributed by atoms with Crippen LogP contribution in [0.4, 0.5) is 14.9 Å². The summed E-state index contributed by atoms with van der Waals surface area (Å²) in [5, 5.41) is 4.63. The topological polar surface area (TPSA) is 84.5 Å². The number of imide groups is 1. The van der Waals surface area contributed by atoms with Crippen molar-refractivity contribution < 1.29 is 23.5 Å². The molecule has 1 saturated carbocycles. The molecule has 3 rings (SSSR count). The number of benzene rings is 2. The third-order valence-electron chi connectivity index (χ3n) is 4.86. The Morgan fingerprint density at radius 3 is 2.25 bits per heavy atom. The van der Waals surface area contributed by atoms with Gasteiger partial charge in [0.25, 0.3) is 5.91 Å². The van der Waals surface area contributed by atoms with E-state index in [4.69, 9.17) is 4.74 Å². The van der Waals surface area contributed by atoms with Crippen LogP contribution in [0.5, 0.6) is 0 Å². The van der Waals surface area contributed by atoms with Crippen LogP contribution in [0.25, 0.3) is 0 Å². The van der Waals surface area contributed by atoms with E-state index in [2.05, 4.69) is 10.6 Å². The number of carbonyl (C=O) groups is 3. The van der Waals surface area contributed by atoms with Crippen molar-refractivity contribution in [3.8, 4) is 0 Å². The average molecular weight is 384 g/mol. The van der Waals surface area contributed by atoms with Gasteiger partial charge < -0.3 is 10.1 Å². The highest BCUT2D eigenvalue weighted by Gasteiger charge is 2.44. The van der Waals surface area contributed by atoms with Crippen LogP contribution in [0.2, 0.25) is 0 Å². The number of urea groups is 1. The van der Waals surface area contributed by atoms with Crippen LogP contribution in [0.3, 0.4) is 0 Å². The third-order valence-corrected chi connectivity index (χ3v) is 4.86. The molecule has 146 valence electrons. The Morgan fingerprint density at radius 2 is 1.61 bits per heavy atom. The highest BCUT2D eigenvalue weighted by molar-refractivity contribution is 6.02. The molecule has 0 heterocycles. The summed E-state index contributed by atoms with van der Waals surface area (Å²) in [7, 11) is 0. The molecule has 0 aliphatic heterocycles. The first-order valence-corrected chi connectivity index (χ1v) is 9.09. The van der Waals surface area contributed by atoms with Crippen LogP contribution >= 0.6 is 0 Å². The number of hydrogen-bond donors (Lipinski definition) is 2. The zero-order valence-corrected chi connectivity index (χ0v) is 15.2. The predicted molar refractivity (Wildman–Crippen MR) is 101 cm³/mol. The fraction of sp³-hybridized carbons (Fsp3) is 0.286. The Balaban J connectivity index is 1.56. The smallest absolute Gasteiger partial charge is 0.325 e. The lowest BCUT2D eigenvalue weighted by atomic mass is 9.79. The van der Waals surface area contributed by atoms with Gasteiger partial charge in [-0.05, 0) is 42.7 Å². The quantitative estimate of drug-likeness (QED) is 0.773. The second-order valence-electron chi connectivity index (χ2n) is 6.74. The second kappa shape index (κ2) is 8.65. The van der Waals surface area contributed by atoms with Crippen molar-refractivity contribution in [2.75, 3.05) is 11.9 Å². The number of nitrogens with one attached hydrogen (secondary N) is 2. The predicted octanol–water partition coefficient (Wildman–Crippen LogP) is 3.53. The van der Waals surface area contributed by atoms with Gasteiger partial charge in [0.1, 0.15) is 5.82 Å². The number of para-hydroxylation sites is 1. The number of rotatable bonds is 5. The van der Waals surface area contributed by atoms with Crippen molar-refractivity contribution in [1.29, 1.82) is 0 Å². The molecule has 0 unspecified atom stereocenters. The fourth-order valence-electron chi connectivity index (χ4n) is 3.47. The Hall–Kier alpha value is -3.22. The Kier molecular flexibility index (Phi) is 6.03. The van der Waals surface area contributed by atoms with E-state index in [9.17, 15) is 18.8 Å². The molecule has 2 N–H and O–H groups in total. The van der Waals surface area contributed by atoms with Gasteiger partial charge in [-0.25, -0.2) is 9.18 Å². The van der Waals surface area contributed by atoms with Crippen molar-refractivity contribution in [3.05, 3.63) is 66.0 Å². The highest BCUT2D eigenvalue weighted by atomic mass is 19.1. The van der Waals surface area contributed by atoms with E-state index in [0.29, 0.717) is 24.1 Å². The summed E-state index contributed by atoms with van der Waals surface area (Å²) in [6.07, 6.45) is 2.84. The molecule has 0 spiro atoms. The zero-order valence-electron chi connectivity index (χ0n) is 15.2. The van der Waals surface area contributed by atoms with E-state index < -0.39 is 29.9 Å². The maximum absolute atomic E-state index is 13.2. The fourth-order valence-corrected chi connectivity index (χ4v) is 3.47. The normalized spacial score (nSPS) is 14.9. The molecule has 6 nitrogen and oxygen atoms in total. The minimum absolute atomic E-state index is 0.380. The lowest BCUT2D eigenvalue weighted by Gasteiger charge is -2.27. The number of carbonyl (C=O) groups excluding carboxylic acids is 3. The number of anilines is 1. The lowest BCUT2D eigenvalue weighted by Crippen LogP contribution is -2.40. The average Bonchev–Trinajstić information content (AvgIpc) is 3.18. The maximum atomic E-state index is 13.2. The van der Waals surface area contributed by atoms with E-state index >= 15 is 0 Å².